The number of quaternary nitrogens is 1. The summed E-state index contributed by atoms with van der Waals surface area (Å²) in [4.78, 5) is 1.56. The van der Waals surface area contributed by atoms with Crippen LogP contribution in [0.1, 0.15) is 36.4 Å². The molecule has 1 spiro atoms. The molecule has 0 aromatic heterocycles. The SMILES string of the molecule is C[NH+]1CCC2(CC1)Oc1ccccc1[C@@H]1CC(c3ccccc3Cl)=NN12. The normalized spacial score (nSPS) is 29.8. The molecule has 5 rings (SSSR count). The summed E-state index contributed by atoms with van der Waals surface area (Å²) in [6.45, 7) is 2.20. The van der Waals surface area contributed by atoms with E-state index in [4.69, 9.17) is 21.4 Å². The molecule has 0 saturated carbocycles. The summed E-state index contributed by atoms with van der Waals surface area (Å²) >= 11 is 6.46. The van der Waals surface area contributed by atoms with Gasteiger partial charge in [0.25, 0.3) is 0 Å². The van der Waals surface area contributed by atoms with Gasteiger partial charge in [0.2, 0.25) is 5.72 Å². The molecule has 1 fully saturated rings. The summed E-state index contributed by atoms with van der Waals surface area (Å²) < 4.78 is 6.61. The molecule has 1 N–H and O–H groups in total. The molecule has 0 aliphatic carbocycles. The molecule has 134 valence electrons. The summed E-state index contributed by atoms with van der Waals surface area (Å²) in [6.07, 6.45) is 2.85. The van der Waals surface area contributed by atoms with Gasteiger partial charge < -0.3 is 9.64 Å². The average Bonchev–Trinajstić information content (AvgIpc) is 3.11. The summed E-state index contributed by atoms with van der Waals surface area (Å²) in [5.41, 5.74) is 3.00. The molecule has 26 heavy (non-hydrogen) atoms. The molecule has 3 aliphatic rings. The Labute approximate surface area is 159 Å². The van der Waals surface area contributed by atoms with Crippen molar-refractivity contribution in [2.45, 2.75) is 31.0 Å². The summed E-state index contributed by atoms with van der Waals surface area (Å²) in [6, 6.07) is 16.7. The molecule has 0 unspecified atom stereocenters. The third-order valence-corrected chi connectivity index (χ3v) is 6.31. The first-order valence-corrected chi connectivity index (χ1v) is 9.75. The second-order valence-electron chi connectivity index (χ2n) is 7.63. The van der Waals surface area contributed by atoms with Crippen LogP contribution in [0.3, 0.4) is 0 Å². The van der Waals surface area contributed by atoms with Crippen molar-refractivity contribution < 1.29 is 9.64 Å². The molecule has 3 heterocycles. The summed E-state index contributed by atoms with van der Waals surface area (Å²) in [5.74, 6) is 1.02. The number of rotatable bonds is 1. The third-order valence-electron chi connectivity index (χ3n) is 5.98. The lowest BCUT2D eigenvalue weighted by Crippen LogP contribution is -3.11. The van der Waals surface area contributed by atoms with Gasteiger partial charge in [-0.3, -0.25) is 0 Å². The highest BCUT2D eigenvalue weighted by Gasteiger charge is 2.52. The van der Waals surface area contributed by atoms with Crippen molar-refractivity contribution in [3.8, 4) is 5.75 Å². The molecule has 1 saturated heterocycles. The molecule has 0 radical (unpaired) electrons. The number of ether oxygens (including phenoxy) is 1. The monoisotopic (exact) mass is 368 g/mol. The third kappa shape index (κ3) is 2.43. The van der Waals surface area contributed by atoms with Crippen LogP contribution in [0.4, 0.5) is 0 Å². The van der Waals surface area contributed by atoms with Crippen LogP contribution < -0.4 is 9.64 Å². The minimum Gasteiger partial charge on any atom is -0.466 e. The van der Waals surface area contributed by atoms with Crippen molar-refractivity contribution in [3.63, 3.8) is 0 Å². The number of nitrogens with one attached hydrogen (secondary N) is 1. The predicted molar refractivity (Wildman–Crippen MR) is 103 cm³/mol. The number of fused-ring (bicyclic) bond motifs is 4. The Morgan fingerprint density at radius 2 is 1.85 bits per heavy atom. The Morgan fingerprint density at radius 3 is 2.65 bits per heavy atom. The van der Waals surface area contributed by atoms with Crippen LogP contribution >= 0.6 is 11.6 Å². The van der Waals surface area contributed by atoms with Crippen molar-refractivity contribution >= 4 is 17.3 Å². The summed E-state index contributed by atoms with van der Waals surface area (Å²) in [5, 5.41) is 8.09. The van der Waals surface area contributed by atoms with Crippen LogP contribution in [-0.4, -0.2) is 36.6 Å². The van der Waals surface area contributed by atoms with E-state index in [0.29, 0.717) is 0 Å². The van der Waals surface area contributed by atoms with E-state index < -0.39 is 0 Å². The maximum absolute atomic E-state index is 6.61. The lowest BCUT2D eigenvalue weighted by molar-refractivity contribution is -0.888. The van der Waals surface area contributed by atoms with E-state index in [2.05, 4.69) is 42.4 Å². The second kappa shape index (κ2) is 6.00. The number of nitrogens with zero attached hydrogens (tertiary/aromatic N) is 2. The van der Waals surface area contributed by atoms with Gasteiger partial charge in [0, 0.05) is 22.6 Å². The number of halogens is 1. The number of piperidine rings is 1. The number of hydrazone groups is 1. The fraction of sp³-hybridized carbons (Fsp3) is 0.381. The zero-order valence-electron chi connectivity index (χ0n) is 14.9. The van der Waals surface area contributed by atoms with Crippen molar-refractivity contribution in [1.82, 2.24) is 5.01 Å². The van der Waals surface area contributed by atoms with Gasteiger partial charge in [0.15, 0.2) is 0 Å². The molecule has 1 atom stereocenters. The first-order valence-electron chi connectivity index (χ1n) is 9.37. The fourth-order valence-electron chi connectivity index (χ4n) is 4.48. The molecular formula is C21H23ClN3O+. The van der Waals surface area contributed by atoms with Crippen molar-refractivity contribution in [3.05, 3.63) is 64.7 Å². The van der Waals surface area contributed by atoms with Crippen LogP contribution in [0.15, 0.2) is 53.6 Å². The summed E-state index contributed by atoms with van der Waals surface area (Å²) in [7, 11) is 2.25. The molecule has 0 bridgehead atoms. The largest absolute Gasteiger partial charge is 0.466 e. The van der Waals surface area contributed by atoms with E-state index in [0.717, 1.165) is 54.4 Å². The number of benzene rings is 2. The smallest absolute Gasteiger partial charge is 0.208 e. The zero-order chi connectivity index (χ0) is 17.7. The van der Waals surface area contributed by atoms with Crippen LogP contribution in [0.5, 0.6) is 5.75 Å². The van der Waals surface area contributed by atoms with E-state index >= 15 is 0 Å². The standard InChI is InChI=1S/C21H22ClN3O/c1-24-12-10-21(11-13-24)25-19(16-7-3-5-9-20(16)26-21)14-18(23-25)15-6-2-4-8-17(15)22/h2-9,19H,10-14H2,1H3/p+1/t19-/m0/s1. The van der Waals surface area contributed by atoms with Crippen molar-refractivity contribution in [1.29, 1.82) is 0 Å². The maximum atomic E-state index is 6.61. The molecule has 4 nitrogen and oxygen atoms in total. The molecular weight excluding hydrogens is 346 g/mol. The Kier molecular flexibility index (Phi) is 3.73. The van der Waals surface area contributed by atoms with Gasteiger partial charge in [-0.25, -0.2) is 5.01 Å². The Hall–Kier alpha value is -2.04. The number of hydrogen-bond acceptors (Lipinski definition) is 3. The Balaban J connectivity index is 1.60. The molecule has 2 aromatic rings. The van der Waals surface area contributed by atoms with E-state index in [1.807, 2.05) is 18.2 Å². The van der Waals surface area contributed by atoms with Gasteiger partial charge in [-0.1, -0.05) is 48.0 Å². The highest BCUT2D eigenvalue weighted by Crippen LogP contribution is 2.49. The van der Waals surface area contributed by atoms with Crippen molar-refractivity contribution in [2.75, 3.05) is 20.1 Å². The van der Waals surface area contributed by atoms with Gasteiger partial charge in [0.1, 0.15) is 5.75 Å². The fourth-order valence-corrected chi connectivity index (χ4v) is 4.73. The van der Waals surface area contributed by atoms with E-state index in [9.17, 15) is 0 Å². The minimum absolute atomic E-state index is 0.227. The molecule has 2 aromatic carbocycles. The number of likely N-dealkylation sites (tertiary alicyclic amines) is 1. The lowest BCUT2D eigenvalue weighted by atomic mass is 9.91. The van der Waals surface area contributed by atoms with E-state index in [1.165, 1.54) is 5.56 Å². The average molecular weight is 369 g/mol. The van der Waals surface area contributed by atoms with E-state index in [-0.39, 0.29) is 11.8 Å². The molecule has 5 heteroatoms. The molecule has 0 amide bonds. The van der Waals surface area contributed by atoms with Gasteiger partial charge in [-0.15, -0.1) is 0 Å². The first kappa shape index (κ1) is 16.2. The Morgan fingerprint density at radius 1 is 1.12 bits per heavy atom. The lowest BCUT2D eigenvalue weighted by Gasteiger charge is -2.49. The Bertz CT molecular complexity index is 873. The van der Waals surface area contributed by atoms with Crippen LogP contribution in [0, 0.1) is 0 Å². The highest BCUT2D eigenvalue weighted by molar-refractivity contribution is 6.34. The maximum Gasteiger partial charge on any atom is 0.208 e. The van der Waals surface area contributed by atoms with E-state index in [1.54, 1.807) is 4.90 Å². The first-order chi connectivity index (χ1) is 12.7. The number of hydrogen-bond donors (Lipinski definition) is 1. The highest BCUT2D eigenvalue weighted by atomic mass is 35.5. The van der Waals surface area contributed by atoms with Crippen LogP contribution in [-0.2, 0) is 0 Å². The predicted octanol–water partition coefficient (Wildman–Crippen LogP) is 2.89. The quantitative estimate of drug-likeness (QED) is 0.838. The van der Waals surface area contributed by atoms with Gasteiger partial charge in [-0.05, 0) is 12.1 Å². The van der Waals surface area contributed by atoms with Crippen LogP contribution in [0.25, 0.3) is 0 Å². The van der Waals surface area contributed by atoms with Gasteiger partial charge in [0.05, 0.1) is 44.7 Å². The van der Waals surface area contributed by atoms with Crippen LogP contribution in [0.2, 0.25) is 5.02 Å². The number of para-hydroxylation sites is 1. The topological polar surface area (TPSA) is 29.3 Å². The van der Waals surface area contributed by atoms with Gasteiger partial charge >= 0.3 is 0 Å². The minimum atomic E-state index is -0.332. The zero-order valence-corrected chi connectivity index (χ0v) is 15.7. The van der Waals surface area contributed by atoms with Crippen molar-refractivity contribution in [2.24, 2.45) is 5.10 Å². The molecule has 3 aliphatic heterocycles. The van der Waals surface area contributed by atoms with Gasteiger partial charge in [-0.2, -0.15) is 5.10 Å². The second-order valence-corrected chi connectivity index (χ2v) is 8.04.